The van der Waals surface area contributed by atoms with Crippen molar-refractivity contribution in [2.24, 2.45) is 23.7 Å². The average Bonchev–Trinajstić information content (AvgIpc) is 3.52. The van der Waals surface area contributed by atoms with Crippen LogP contribution in [0.25, 0.3) is 0 Å². The maximum atomic E-state index is 13.0. The minimum atomic E-state index is -4.95. The molecule has 0 amide bonds. The van der Waals surface area contributed by atoms with Gasteiger partial charge in [0.25, 0.3) is 0 Å². The molecule has 90 heavy (non-hydrogen) atoms. The number of unbranched alkanes of at least 4 members (excludes halogenated alkanes) is 33. The van der Waals surface area contributed by atoms with E-state index in [0.717, 1.165) is 114 Å². The fraction of sp³-hybridized carbons (Fsp3) is 0.944. The Kier molecular flexibility index (Phi) is 59.4. The molecule has 0 aromatic rings. The van der Waals surface area contributed by atoms with Crippen molar-refractivity contribution in [2.75, 3.05) is 39.6 Å². The summed E-state index contributed by atoms with van der Waals surface area (Å²) in [6.45, 7) is 14.1. The van der Waals surface area contributed by atoms with Crippen LogP contribution < -0.4 is 0 Å². The van der Waals surface area contributed by atoms with E-state index >= 15 is 0 Å². The molecule has 0 aromatic carbocycles. The smallest absolute Gasteiger partial charge is 0.462 e. The van der Waals surface area contributed by atoms with Crippen molar-refractivity contribution in [3.63, 3.8) is 0 Å². The Balaban J connectivity index is 5.22. The van der Waals surface area contributed by atoms with E-state index in [1.807, 2.05) is 0 Å². The molecule has 19 heteroatoms. The predicted molar refractivity (Wildman–Crippen MR) is 363 cm³/mol. The molecule has 0 aliphatic carbocycles. The average molecular weight is 1330 g/mol. The normalized spacial score (nSPS) is 14.6. The van der Waals surface area contributed by atoms with E-state index in [-0.39, 0.29) is 25.7 Å². The van der Waals surface area contributed by atoms with Crippen molar-refractivity contribution in [1.82, 2.24) is 0 Å². The summed E-state index contributed by atoms with van der Waals surface area (Å²) in [5.41, 5.74) is 0. The van der Waals surface area contributed by atoms with Gasteiger partial charge in [-0.1, -0.05) is 299 Å². The lowest BCUT2D eigenvalue weighted by atomic mass is 10.00. The van der Waals surface area contributed by atoms with Crippen LogP contribution in [0.3, 0.4) is 0 Å². The molecule has 0 rings (SSSR count). The lowest BCUT2D eigenvalue weighted by molar-refractivity contribution is -0.161. The van der Waals surface area contributed by atoms with E-state index < -0.39 is 97.5 Å². The van der Waals surface area contributed by atoms with Gasteiger partial charge in [0.05, 0.1) is 26.4 Å². The number of carbonyl (C=O) groups excluding carboxylic acids is 4. The molecule has 0 saturated carbocycles. The Morgan fingerprint density at radius 3 is 0.789 bits per heavy atom. The van der Waals surface area contributed by atoms with Gasteiger partial charge in [0.1, 0.15) is 19.3 Å². The monoisotopic (exact) mass is 1320 g/mol. The van der Waals surface area contributed by atoms with Gasteiger partial charge in [0.2, 0.25) is 0 Å². The van der Waals surface area contributed by atoms with Gasteiger partial charge in [-0.2, -0.15) is 0 Å². The second kappa shape index (κ2) is 60.7. The van der Waals surface area contributed by atoms with Crippen LogP contribution in [0, 0.1) is 23.7 Å². The van der Waals surface area contributed by atoms with Gasteiger partial charge in [0, 0.05) is 25.7 Å². The van der Waals surface area contributed by atoms with Crippen molar-refractivity contribution in [2.45, 2.75) is 369 Å². The topological polar surface area (TPSA) is 237 Å². The second-order valence-corrected chi connectivity index (χ2v) is 30.2. The summed E-state index contributed by atoms with van der Waals surface area (Å²) in [5, 5.41) is 10.6. The first-order valence-electron chi connectivity index (χ1n) is 36.7. The molecule has 4 unspecified atom stereocenters. The predicted octanol–water partition coefficient (Wildman–Crippen LogP) is 20.1. The van der Waals surface area contributed by atoms with E-state index in [0.29, 0.717) is 31.6 Å². The molecule has 0 aliphatic rings. The highest BCUT2D eigenvalue weighted by Crippen LogP contribution is 2.45. The summed E-state index contributed by atoms with van der Waals surface area (Å²) in [5.74, 6) is 0.851. The van der Waals surface area contributed by atoms with Gasteiger partial charge in [-0.05, 0) is 49.4 Å². The lowest BCUT2D eigenvalue weighted by Gasteiger charge is -2.21. The number of esters is 4. The molecule has 0 aliphatic heterocycles. The Hall–Kier alpha value is -1.94. The molecular weight excluding hydrogens is 1190 g/mol. The first-order chi connectivity index (χ1) is 43.1. The fourth-order valence-electron chi connectivity index (χ4n) is 10.6. The van der Waals surface area contributed by atoms with Crippen molar-refractivity contribution in [1.29, 1.82) is 0 Å². The number of carbonyl (C=O) groups is 4. The number of rotatable bonds is 68. The standard InChI is InChI=1S/C71H138O17P2/c1-9-64(8)50-42-34-29-30-38-46-54-71(76)88-67(58-81-68(73)51-43-35-26-20-16-12-10-11-14-18-23-31-39-47-61(2)3)60-86-90(79,80)84-56-65(72)55-83-89(77,78)85-59-66(57-82-69(74)52-44-36-28-22-25-33-41-49-63(6)7)87-70(75)53-45-37-27-21-17-13-15-19-24-32-40-48-62(4)5/h61-67,72H,9-60H2,1-8H3,(H,77,78)(H,79,80)/t64?,65?,66-,67-/m1/s1. The third kappa shape index (κ3) is 63.5. The molecule has 0 heterocycles. The summed E-state index contributed by atoms with van der Waals surface area (Å²) >= 11 is 0. The molecule has 0 spiro atoms. The highest BCUT2D eigenvalue weighted by atomic mass is 31.2. The lowest BCUT2D eigenvalue weighted by Crippen LogP contribution is -2.30. The van der Waals surface area contributed by atoms with E-state index in [1.165, 1.54) is 148 Å². The first kappa shape index (κ1) is 88.1. The number of hydrogen-bond acceptors (Lipinski definition) is 15. The fourth-order valence-corrected chi connectivity index (χ4v) is 12.2. The maximum Gasteiger partial charge on any atom is 0.472 e. The van der Waals surface area contributed by atoms with Crippen LogP contribution >= 0.6 is 15.6 Å². The Morgan fingerprint density at radius 1 is 0.311 bits per heavy atom. The quantitative estimate of drug-likeness (QED) is 0.0222. The third-order valence-corrected chi connectivity index (χ3v) is 18.6. The zero-order valence-corrected chi connectivity index (χ0v) is 60.6. The summed E-state index contributed by atoms with van der Waals surface area (Å²) in [4.78, 5) is 72.6. The number of phosphoric acid groups is 2. The van der Waals surface area contributed by atoms with Gasteiger partial charge in [-0.25, -0.2) is 9.13 Å². The molecular formula is C71H138O17P2. The summed E-state index contributed by atoms with van der Waals surface area (Å²) in [6, 6.07) is 0. The van der Waals surface area contributed by atoms with Crippen molar-refractivity contribution >= 4 is 39.5 Å². The van der Waals surface area contributed by atoms with Crippen molar-refractivity contribution in [3.8, 4) is 0 Å². The zero-order chi connectivity index (χ0) is 66.8. The van der Waals surface area contributed by atoms with Crippen LogP contribution in [0.2, 0.25) is 0 Å². The van der Waals surface area contributed by atoms with Crippen molar-refractivity contribution < 1.29 is 80.2 Å². The Bertz CT molecular complexity index is 1780. The van der Waals surface area contributed by atoms with E-state index in [4.69, 9.17) is 37.0 Å². The number of phosphoric ester groups is 2. The minimum absolute atomic E-state index is 0.103. The number of aliphatic hydroxyl groups is 1. The SMILES string of the molecule is CCC(C)CCCCCCCCC(=O)O[C@H](COC(=O)CCCCCCCCCCCCCCCC(C)C)COP(=O)(O)OCC(O)COP(=O)(O)OC[C@@H](COC(=O)CCCCCCCCCC(C)C)OC(=O)CCCCCCCCCCCCCC(C)C. The van der Waals surface area contributed by atoms with Gasteiger partial charge >= 0.3 is 39.5 Å². The maximum absolute atomic E-state index is 13.0. The molecule has 3 N–H and O–H groups in total. The molecule has 534 valence electrons. The zero-order valence-electron chi connectivity index (χ0n) is 58.8. The van der Waals surface area contributed by atoms with Gasteiger partial charge < -0.3 is 33.8 Å². The molecule has 6 atom stereocenters. The summed E-state index contributed by atoms with van der Waals surface area (Å²) in [7, 11) is -9.90. The van der Waals surface area contributed by atoms with Crippen LogP contribution in [0.5, 0.6) is 0 Å². The van der Waals surface area contributed by atoms with Crippen LogP contribution in [0.1, 0.15) is 351 Å². The van der Waals surface area contributed by atoms with E-state index in [1.54, 1.807) is 0 Å². The highest BCUT2D eigenvalue weighted by molar-refractivity contribution is 7.47. The first-order valence-corrected chi connectivity index (χ1v) is 39.7. The Morgan fingerprint density at radius 2 is 0.533 bits per heavy atom. The van der Waals surface area contributed by atoms with Crippen LogP contribution in [0.15, 0.2) is 0 Å². The molecule has 0 fully saturated rings. The largest absolute Gasteiger partial charge is 0.472 e. The van der Waals surface area contributed by atoms with Crippen LogP contribution in [0.4, 0.5) is 0 Å². The number of aliphatic hydroxyl groups excluding tert-OH is 1. The minimum Gasteiger partial charge on any atom is -0.462 e. The van der Waals surface area contributed by atoms with Crippen LogP contribution in [-0.2, 0) is 65.4 Å². The highest BCUT2D eigenvalue weighted by Gasteiger charge is 2.30. The molecule has 0 radical (unpaired) electrons. The van der Waals surface area contributed by atoms with Gasteiger partial charge in [-0.3, -0.25) is 37.3 Å². The second-order valence-electron chi connectivity index (χ2n) is 27.3. The molecule has 17 nitrogen and oxygen atoms in total. The third-order valence-electron chi connectivity index (χ3n) is 16.7. The number of ether oxygens (including phenoxy) is 4. The molecule has 0 aromatic heterocycles. The molecule has 0 saturated heterocycles. The molecule has 0 bridgehead atoms. The number of hydrogen-bond donors (Lipinski definition) is 3. The van der Waals surface area contributed by atoms with Gasteiger partial charge in [-0.15, -0.1) is 0 Å². The summed E-state index contributed by atoms with van der Waals surface area (Å²) in [6.07, 6.45) is 43.2. The van der Waals surface area contributed by atoms with E-state index in [9.17, 15) is 43.2 Å². The van der Waals surface area contributed by atoms with Crippen LogP contribution in [-0.4, -0.2) is 96.7 Å². The summed E-state index contributed by atoms with van der Waals surface area (Å²) < 4.78 is 68.3. The Labute approximate surface area is 549 Å². The van der Waals surface area contributed by atoms with Crippen molar-refractivity contribution in [3.05, 3.63) is 0 Å². The van der Waals surface area contributed by atoms with E-state index in [2.05, 4.69) is 55.4 Å². The van der Waals surface area contributed by atoms with Gasteiger partial charge in [0.15, 0.2) is 12.2 Å².